The van der Waals surface area contributed by atoms with Crippen LogP contribution in [0, 0.1) is 23.2 Å². The van der Waals surface area contributed by atoms with Crippen LogP contribution in [0.1, 0.15) is 39.5 Å². The predicted octanol–water partition coefficient (Wildman–Crippen LogP) is 1.72. The van der Waals surface area contributed by atoms with Crippen LogP contribution in [-0.2, 0) is 0 Å². The average molecular weight is 254 g/mol. The first kappa shape index (κ1) is 14.0. The maximum atomic E-state index is 10.6. The van der Waals surface area contributed by atoms with Gasteiger partial charge in [-0.3, -0.25) is 0 Å². The quantitative estimate of drug-likeness (QED) is 0.658. The van der Waals surface area contributed by atoms with Crippen molar-refractivity contribution < 1.29 is 15.3 Å². The highest BCUT2D eigenvalue weighted by atomic mass is 16.3. The smallest absolute Gasteiger partial charge is 0.0643 e. The van der Waals surface area contributed by atoms with Crippen LogP contribution in [0.5, 0.6) is 0 Å². The molecule has 2 aliphatic rings. The topological polar surface area (TPSA) is 60.7 Å². The predicted molar refractivity (Wildman–Crippen MR) is 71.0 cm³/mol. The van der Waals surface area contributed by atoms with E-state index in [2.05, 4.69) is 13.5 Å². The van der Waals surface area contributed by atoms with Crippen LogP contribution < -0.4 is 0 Å². The highest BCUT2D eigenvalue weighted by Crippen LogP contribution is 2.54. The summed E-state index contributed by atoms with van der Waals surface area (Å²) in [6.45, 7) is 8.29. The molecule has 104 valence electrons. The molecular weight excluding hydrogens is 228 g/mol. The zero-order chi connectivity index (χ0) is 13.5. The van der Waals surface area contributed by atoms with Gasteiger partial charge in [0.25, 0.3) is 0 Å². The first-order valence-electron chi connectivity index (χ1n) is 7.06. The molecule has 3 heteroatoms. The number of fused-ring (bicyclic) bond motifs is 1. The summed E-state index contributed by atoms with van der Waals surface area (Å²) in [6, 6.07) is 0. The van der Waals surface area contributed by atoms with Gasteiger partial charge in [0.15, 0.2) is 0 Å². The second kappa shape index (κ2) is 4.95. The molecule has 2 fully saturated rings. The molecule has 0 heterocycles. The Bertz CT molecular complexity index is 328. The molecule has 0 aromatic rings. The van der Waals surface area contributed by atoms with Crippen molar-refractivity contribution >= 4 is 0 Å². The minimum atomic E-state index is -0.478. The summed E-state index contributed by atoms with van der Waals surface area (Å²) in [5.74, 6) is 0.209. The van der Waals surface area contributed by atoms with Gasteiger partial charge in [-0.15, -0.1) is 0 Å². The summed E-state index contributed by atoms with van der Waals surface area (Å²) >= 11 is 0. The van der Waals surface area contributed by atoms with E-state index in [0.717, 1.165) is 31.3 Å². The van der Waals surface area contributed by atoms with E-state index < -0.39 is 6.10 Å². The fourth-order valence-corrected chi connectivity index (χ4v) is 4.09. The Morgan fingerprint density at radius 1 is 1.39 bits per heavy atom. The molecule has 1 unspecified atom stereocenters. The molecule has 0 amide bonds. The lowest BCUT2D eigenvalue weighted by Gasteiger charge is -2.54. The largest absolute Gasteiger partial charge is 0.396 e. The monoisotopic (exact) mass is 254 g/mol. The molecule has 0 saturated heterocycles. The molecule has 0 spiro atoms. The SMILES string of the molecule is C=C1CC[C@@H](O)[C@]2(C)CC[C@@H]([C@H](C)CO)[C@H](O)C12. The lowest BCUT2D eigenvalue weighted by atomic mass is 9.53. The minimum Gasteiger partial charge on any atom is -0.396 e. The molecule has 18 heavy (non-hydrogen) atoms. The molecule has 0 bridgehead atoms. The van der Waals surface area contributed by atoms with Gasteiger partial charge in [-0.05, 0) is 37.5 Å². The van der Waals surface area contributed by atoms with Gasteiger partial charge < -0.3 is 15.3 Å². The third kappa shape index (κ3) is 2.02. The number of aliphatic hydroxyl groups excluding tert-OH is 3. The second-order valence-corrected chi connectivity index (χ2v) is 6.55. The first-order valence-corrected chi connectivity index (χ1v) is 7.06. The Morgan fingerprint density at radius 2 is 2.06 bits per heavy atom. The van der Waals surface area contributed by atoms with E-state index in [1.165, 1.54) is 0 Å². The molecule has 2 rings (SSSR count). The van der Waals surface area contributed by atoms with Crippen LogP contribution in [0.2, 0.25) is 0 Å². The molecule has 0 aliphatic heterocycles. The maximum absolute atomic E-state index is 10.6. The van der Waals surface area contributed by atoms with Gasteiger partial charge in [0.05, 0.1) is 12.2 Å². The average Bonchev–Trinajstić information content (AvgIpc) is 2.33. The van der Waals surface area contributed by atoms with Gasteiger partial charge >= 0.3 is 0 Å². The van der Waals surface area contributed by atoms with Crippen LogP contribution in [0.4, 0.5) is 0 Å². The molecule has 2 aliphatic carbocycles. The molecule has 6 atom stereocenters. The molecule has 0 aromatic carbocycles. The van der Waals surface area contributed by atoms with Gasteiger partial charge in [-0.25, -0.2) is 0 Å². The Kier molecular flexibility index (Phi) is 3.86. The van der Waals surface area contributed by atoms with E-state index in [9.17, 15) is 15.3 Å². The third-order valence-electron chi connectivity index (χ3n) is 5.47. The Morgan fingerprint density at radius 3 is 2.67 bits per heavy atom. The van der Waals surface area contributed by atoms with Crippen LogP contribution in [0.3, 0.4) is 0 Å². The summed E-state index contributed by atoms with van der Waals surface area (Å²) in [4.78, 5) is 0. The third-order valence-corrected chi connectivity index (χ3v) is 5.47. The Labute approximate surface area is 110 Å². The van der Waals surface area contributed by atoms with E-state index in [0.29, 0.717) is 0 Å². The summed E-state index contributed by atoms with van der Waals surface area (Å²) < 4.78 is 0. The lowest BCUT2D eigenvalue weighted by molar-refractivity contribution is -0.125. The van der Waals surface area contributed by atoms with Gasteiger partial charge in [-0.2, -0.15) is 0 Å². The minimum absolute atomic E-state index is 0.0194. The van der Waals surface area contributed by atoms with Crippen LogP contribution >= 0.6 is 0 Å². The van der Waals surface area contributed by atoms with Gasteiger partial charge in [0, 0.05) is 17.9 Å². The van der Waals surface area contributed by atoms with Gasteiger partial charge in [-0.1, -0.05) is 26.0 Å². The number of hydrogen-bond donors (Lipinski definition) is 3. The zero-order valence-corrected chi connectivity index (χ0v) is 11.5. The molecule has 3 N–H and O–H groups in total. The summed E-state index contributed by atoms with van der Waals surface area (Å²) in [7, 11) is 0. The van der Waals surface area contributed by atoms with E-state index >= 15 is 0 Å². The van der Waals surface area contributed by atoms with Crippen molar-refractivity contribution in [2.45, 2.75) is 51.7 Å². The van der Waals surface area contributed by atoms with Crippen molar-refractivity contribution in [1.29, 1.82) is 0 Å². The standard InChI is InChI=1S/C15H26O3/c1-9-4-5-12(17)15(3)7-6-11(10(2)8-16)14(18)13(9)15/h10-14,16-18H,1,4-8H2,2-3H3/t10-,11+,12-,13?,14+,15+/m1/s1. The van der Waals surface area contributed by atoms with E-state index in [4.69, 9.17) is 0 Å². The van der Waals surface area contributed by atoms with Crippen molar-refractivity contribution in [3.63, 3.8) is 0 Å². The maximum Gasteiger partial charge on any atom is 0.0643 e. The van der Waals surface area contributed by atoms with Crippen molar-refractivity contribution in [3.8, 4) is 0 Å². The number of rotatable bonds is 2. The van der Waals surface area contributed by atoms with Gasteiger partial charge in [0.2, 0.25) is 0 Å². The molecule has 3 nitrogen and oxygen atoms in total. The summed E-state index contributed by atoms with van der Waals surface area (Å²) in [5, 5.41) is 30.2. The van der Waals surface area contributed by atoms with Crippen LogP contribution in [0.15, 0.2) is 12.2 Å². The molecular formula is C15H26O3. The van der Waals surface area contributed by atoms with E-state index in [1.807, 2.05) is 6.92 Å². The van der Waals surface area contributed by atoms with Crippen molar-refractivity contribution in [3.05, 3.63) is 12.2 Å². The fraction of sp³-hybridized carbons (Fsp3) is 0.867. The highest BCUT2D eigenvalue weighted by Gasteiger charge is 2.53. The van der Waals surface area contributed by atoms with Crippen molar-refractivity contribution in [2.75, 3.05) is 6.61 Å². The van der Waals surface area contributed by atoms with E-state index in [-0.39, 0.29) is 35.9 Å². The molecule has 0 radical (unpaired) electrons. The van der Waals surface area contributed by atoms with Crippen LogP contribution in [-0.4, -0.2) is 34.1 Å². The lowest BCUT2D eigenvalue weighted by Crippen LogP contribution is -2.55. The molecule has 2 saturated carbocycles. The molecule has 0 aromatic heterocycles. The van der Waals surface area contributed by atoms with Gasteiger partial charge in [0.1, 0.15) is 0 Å². The highest BCUT2D eigenvalue weighted by molar-refractivity contribution is 5.18. The zero-order valence-electron chi connectivity index (χ0n) is 11.5. The Hall–Kier alpha value is -0.380. The first-order chi connectivity index (χ1) is 8.41. The summed E-state index contributed by atoms with van der Waals surface area (Å²) in [5.41, 5.74) is 0.839. The fourth-order valence-electron chi connectivity index (χ4n) is 4.09. The number of hydrogen-bond acceptors (Lipinski definition) is 3. The van der Waals surface area contributed by atoms with Crippen molar-refractivity contribution in [2.24, 2.45) is 23.2 Å². The second-order valence-electron chi connectivity index (χ2n) is 6.55. The summed E-state index contributed by atoms with van der Waals surface area (Å²) in [6.07, 6.45) is 2.53. The normalized spacial score (nSPS) is 46.6. The number of aliphatic hydroxyl groups is 3. The van der Waals surface area contributed by atoms with Crippen molar-refractivity contribution in [1.82, 2.24) is 0 Å². The Balaban J connectivity index is 2.26. The van der Waals surface area contributed by atoms with Crippen LogP contribution in [0.25, 0.3) is 0 Å². The van der Waals surface area contributed by atoms with E-state index in [1.54, 1.807) is 0 Å².